The summed E-state index contributed by atoms with van der Waals surface area (Å²) in [5, 5.41) is 5.57. The fraction of sp³-hybridized carbons (Fsp3) is 0.857. The van der Waals surface area contributed by atoms with E-state index in [4.69, 9.17) is 0 Å². The molecule has 1 saturated heterocycles. The van der Waals surface area contributed by atoms with Crippen molar-refractivity contribution in [2.45, 2.75) is 25.7 Å². The zero-order valence-corrected chi connectivity index (χ0v) is 14.9. The first-order valence-corrected chi connectivity index (χ1v) is 10.8. The van der Waals surface area contributed by atoms with Crippen LogP contribution in [0.4, 0.5) is 0 Å². The quantitative estimate of drug-likeness (QED) is 0.591. The van der Waals surface area contributed by atoms with E-state index in [1.54, 1.807) is 0 Å². The minimum atomic E-state index is -3.10. The average Bonchev–Trinajstić information content (AvgIpc) is 2.76. The molecular weight excluding hydrogens is 338 g/mol. The van der Waals surface area contributed by atoms with Crippen molar-refractivity contribution < 1.29 is 18.0 Å². The Bertz CT molecular complexity index is 520. The fourth-order valence-corrected chi connectivity index (χ4v) is 4.76. The number of carbonyl (C=O) groups is 2. The van der Waals surface area contributed by atoms with E-state index in [1.165, 1.54) is 35.3 Å². The smallest absolute Gasteiger partial charge is 0.230 e. The highest BCUT2D eigenvalue weighted by Gasteiger charge is 2.27. The van der Waals surface area contributed by atoms with Crippen LogP contribution in [0.1, 0.15) is 25.7 Å². The number of rotatable bonds is 9. The summed E-state index contributed by atoms with van der Waals surface area (Å²) in [5.41, 5.74) is 0. The molecule has 1 aliphatic heterocycles. The molecule has 0 atom stereocenters. The van der Waals surface area contributed by atoms with Crippen molar-refractivity contribution in [3.63, 3.8) is 0 Å². The lowest BCUT2D eigenvalue weighted by molar-refractivity contribution is -0.119. The third-order valence-corrected chi connectivity index (χ3v) is 7.05. The van der Waals surface area contributed by atoms with Gasteiger partial charge in [0.05, 0.1) is 17.3 Å². The molecule has 0 spiro atoms. The number of nitrogens with zero attached hydrogens (tertiary/aromatic N) is 1. The largest absolute Gasteiger partial charge is 0.355 e. The molecule has 7 nitrogen and oxygen atoms in total. The van der Waals surface area contributed by atoms with Crippen LogP contribution in [-0.4, -0.2) is 68.0 Å². The summed E-state index contributed by atoms with van der Waals surface area (Å²) in [6.07, 6.45) is 4.31. The lowest BCUT2D eigenvalue weighted by Gasteiger charge is -2.25. The van der Waals surface area contributed by atoms with Gasteiger partial charge in [-0.05, 0) is 25.2 Å². The number of hydrogen-bond acceptors (Lipinski definition) is 5. The molecule has 2 rings (SSSR count). The van der Waals surface area contributed by atoms with Gasteiger partial charge < -0.3 is 10.6 Å². The predicted molar refractivity (Wildman–Crippen MR) is 90.7 cm³/mol. The molecule has 0 aromatic carbocycles. The summed E-state index contributed by atoms with van der Waals surface area (Å²) < 4.78 is 24.6. The summed E-state index contributed by atoms with van der Waals surface area (Å²) in [6, 6.07) is 0. The highest BCUT2D eigenvalue weighted by molar-refractivity contribution is 8.00. The van der Waals surface area contributed by atoms with E-state index < -0.39 is 10.0 Å². The van der Waals surface area contributed by atoms with E-state index in [0.29, 0.717) is 32.0 Å². The molecule has 0 unspecified atom stereocenters. The third-order valence-electron chi connectivity index (χ3n) is 4.17. The van der Waals surface area contributed by atoms with Gasteiger partial charge in [0.2, 0.25) is 21.8 Å². The standard InChI is InChI=1S/C14H25N3O4S2/c18-13(15-5-7-17-6-2-8-23(17,20)21)10-22-11-14(19)16-9-12-3-1-4-12/h12H,1-11H2,(H,15,18)(H,16,19). The van der Waals surface area contributed by atoms with Crippen LogP contribution in [0.25, 0.3) is 0 Å². The molecule has 1 saturated carbocycles. The lowest BCUT2D eigenvalue weighted by atomic mass is 9.85. The Morgan fingerprint density at radius 1 is 1.09 bits per heavy atom. The minimum Gasteiger partial charge on any atom is -0.355 e. The van der Waals surface area contributed by atoms with Gasteiger partial charge in [-0.25, -0.2) is 12.7 Å². The van der Waals surface area contributed by atoms with Crippen LogP contribution < -0.4 is 10.6 Å². The van der Waals surface area contributed by atoms with Crippen LogP contribution >= 0.6 is 11.8 Å². The van der Waals surface area contributed by atoms with E-state index >= 15 is 0 Å². The number of carbonyl (C=O) groups excluding carboxylic acids is 2. The monoisotopic (exact) mass is 363 g/mol. The first-order chi connectivity index (χ1) is 11.0. The van der Waals surface area contributed by atoms with Crippen molar-refractivity contribution in [1.29, 1.82) is 0 Å². The summed E-state index contributed by atoms with van der Waals surface area (Å²) in [4.78, 5) is 23.2. The highest BCUT2D eigenvalue weighted by Crippen LogP contribution is 2.25. The number of hydrogen-bond donors (Lipinski definition) is 2. The Morgan fingerprint density at radius 3 is 2.35 bits per heavy atom. The Kier molecular flexibility index (Phi) is 7.16. The molecular formula is C14H25N3O4S2. The lowest BCUT2D eigenvalue weighted by Crippen LogP contribution is -2.37. The summed E-state index contributed by atoms with van der Waals surface area (Å²) in [7, 11) is -3.10. The topological polar surface area (TPSA) is 95.6 Å². The first-order valence-electron chi connectivity index (χ1n) is 8.06. The Morgan fingerprint density at radius 2 is 1.78 bits per heavy atom. The van der Waals surface area contributed by atoms with Crippen LogP contribution in [0.3, 0.4) is 0 Å². The number of thioether (sulfide) groups is 1. The SMILES string of the molecule is O=C(CSCC(=O)NCC1CCC1)NCCN1CCCS1(=O)=O. The second-order valence-corrected chi connectivity index (χ2v) is 9.09. The van der Waals surface area contributed by atoms with Gasteiger partial charge in [0.1, 0.15) is 0 Å². The van der Waals surface area contributed by atoms with Crippen LogP contribution in [0, 0.1) is 5.92 Å². The maximum absolute atomic E-state index is 11.6. The normalized spacial score (nSPS) is 20.9. The maximum atomic E-state index is 11.6. The number of amides is 2. The molecule has 1 aliphatic carbocycles. The second kappa shape index (κ2) is 8.89. The van der Waals surface area contributed by atoms with E-state index in [2.05, 4.69) is 10.6 Å². The van der Waals surface area contributed by atoms with Crippen molar-refractivity contribution in [2.75, 3.05) is 43.4 Å². The molecule has 23 heavy (non-hydrogen) atoms. The Labute approximate surface area is 142 Å². The van der Waals surface area contributed by atoms with Gasteiger partial charge in [0.25, 0.3) is 0 Å². The molecule has 9 heteroatoms. The van der Waals surface area contributed by atoms with Crippen molar-refractivity contribution >= 4 is 33.6 Å². The maximum Gasteiger partial charge on any atom is 0.230 e. The van der Waals surface area contributed by atoms with E-state index in [0.717, 1.165) is 6.54 Å². The second-order valence-electron chi connectivity index (χ2n) is 6.01. The van der Waals surface area contributed by atoms with Gasteiger partial charge in [0.15, 0.2) is 0 Å². The van der Waals surface area contributed by atoms with E-state index in [-0.39, 0.29) is 29.1 Å². The van der Waals surface area contributed by atoms with Gasteiger partial charge in [-0.2, -0.15) is 0 Å². The van der Waals surface area contributed by atoms with Gasteiger partial charge in [-0.15, -0.1) is 11.8 Å². The molecule has 0 aromatic heterocycles. The summed E-state index contributed by atoms with van der Waals surface area (Å²) in [5.74, 6) is 1.13. The molecule has 2 amide bonds. The summed E-state index contributed by atoms with van der Waals surface area (Å²) >= 11 is 1.27. The van der Waals surface area contributed by atoms with Crippen molar-refractivity contribution in [2.24, 2.45) is 5.92 Å². The van der Waals surface area contributed by atoms with Crippen LogP contribution in [0.2, 0.25) is 0 Å². The van der Waals surface area contributed by atoms with Gasteiger partial charge >= 0.3 is 0 Å². The Balaban J connectivity index is 1.48. The average molecular weight is 364 g/mol. The van der Waals surface area contributed by atoms with Crippen LogP contribution in [0.15, 0.2) is 0 Å². The predicted octanol–water partition coefficient (Wildman–Crippen LogP) is -0.212. The number of nitrogens with one attached hydrogen (secondary N) is 2. The molecule has 1 heterocycles. The minimum absolute atomic E-state index is 0.0298. The molecule has 2 N–H and O–H groups in total. The third kappa shape index (κ3) is 6.31. The molecule has 0 radical (unpaired) electrons. The van der Waals surface area contributed by atoms with Gasteiger partial charge in [-0.3, -0.25) is 9.59 Å². The highest BCUT2D eigenvalue weighted by atomic mass is 32.2. The van der Waals surface area contributed by atoms with Crippen LogP contribution in [0.5, 0.6) is 0 Å². The molecule has 2 aliphatic rings. The Hall–Kier alpha value is -0.800. The molecule has 2 fully saturated rings. The summed E-state index contributed by atoms with van der Waals surface area (Å²) in [6.45, 7) is 1.91. The molecule has 0 aromatic rings. The van der Waals surface area contributed by atoms with Crippen LogP contribution in [-0.2, 0) is 19.6 Å². The van der Waals surface area contributed by atoms with Crippen molar-refractivity contribution in [3.8, 4) is 0 Å². The van der Waals surface area contributed by atoms with Crippen molar-refractivity contribution in [3.05, 3.63) is 0 Å². The molecule has 0 bridgehead atoms. The zero-order chi connectivity index (χ0) is 16.7. The molecule has 132 valence electrons. The first kappa shape index (κ1) is 18.5. The van der Waals surface area contributed by atoms with Gasteiger partial charge in [-0.1, -0.05) is 6.42 Å². The van der Waals surface area contributed by atoms with E-state index in [9.17, 15) is 18.0 Å². The fourth-order valence-electron chi connectivity index (χ4n) is 2.56. The van der Waals surface area contributed by atoms with Crippen molar-refractivity contribution in [1.82, 2.24) is 14.9 Å². The zero-order valence-electron chi connectivity index (χ0n) is 13.3. The number of sulfonamides is 1. The van der Waals surface area contributed by atoms with Gasteiger partial charge in [0, 0.05) is 26.2 Å². The van der Waals surface area contributed by atoms with E-state index in [1.807, 2.05) is 0 Å².